The lowest BCUT2D eigenvalue weighted by Crippen LogP contribution is -2.29. The summed E-state index contributed by atoms with van der Waals surface area (Å²) in [5.74, 6) is -0.178. The van der Waals surface area contributed by atoms with Crippen molar-refractivity contribution in [3.8, 4) is 5.75 Å². The van der Waals surface area contributed by atoms with Crippen LogP contribution >= 0.6 is 0 Å². The third-order valence-corrected chi connectivity index (χ3v) is 3.26. The van der Waals surface area contributed by atoms with Crippen molar-refractivity contribution < 1.29 is 14.3 Å². The van der Waals surface area contributed by atoms with Crippen LogP contribution in [0.1, 0.15) is 20.7 Å². The van der Waals surface area contributed by atoms with Gasteiger partial charge in [-0.1, -0.05) is 36.9 Å². The minimum Gasteiger partial charge on any atom is -0.487 e. The Kier molecular flexibility index (Phi) is 3.28. The molecule has 4 nitrogen and oxygen atoms in total. The molecule has 0 fully saturated rings. The van der Waals surface area contributed by atoms with E-state index >= 15 is 0 Å². The molecule has 0 atom stereocenters. The highest BCUT2D eigenvalue weighted by Gasteiger charge is 2.37. The second kappa shape index (κ2) is 5.25. The van der Waals surface area contributed by atoms with Gasteiger partial charge in [-0.3, -0.25) is 9.59 Å². The predicted molar refractivity (Wildman–Crippen MR) is 79.7 cm³/mol. The highest BCUT2D eigenvalue weighted by atomic mass is 16.5. The van der Waals surface area contributed by atoms with Crippen LogP contribution in [0.15, 0.2) is 61.2 Å². The first-order valence-electron chi connectivity index (χ1n) is 6.54. The van der Waals surface area contributed by atoms with Crippen molar-refractivity contribution in [2.45, 2.75) is 0 Å². The fourth-order valence-corrected chi connectivity index (χ4v) is 2.32. The SMILES string of the molecule is C=CCOc1ccccc1N1C(=O)c2ccccc2C1=O. The molecule has 2 amide bonds. The van der Waals surface area contributed by atoms with E-state index in [1.807, 2.05) is 0 Å². The van der Waals surface area contributed by atoms with Crippen molar-refractivity contribution in [1.29, 1.82) is 0 Å². The van der Waals surface area contributed by atoms with E-state index in [-0.39, 0.29) is 11.8 Å². The van der Waals surface area contributed by atoms with Crippen LogP contribution in [0.4, 0.5) is 5.69 Å². The summed E-state index contributed by atoms with van der Waals surface area (Å²) in [4.78, 5) is 26.1. The molecular formula is C17H13NO3. The number of fused-ring (bicyclic) bond motifs is 1. The fourth-order valence-electron chi connectivity index (χ4n) is 2.32. The van der Waals surface area contributed by atoms with Crippen molar-refractivity contribution >= 4 is 17.5 Å². The molecule has 0 saturated carbocycles. The van der Waals surface area contributed by atoms with Gasteiger partial charge in [0.15, 0.2) is 0 Å². The maximum absolute atomic E-state index is 12.5. The molecule has 1 heterocycles. The van der Waals surface area contributed by atoms with Gasteiger partial charge in [-0.15, -0.1) is 0 Å². The summed E-state index contributed by atoms with van der Waals surface area (Å²) in [5.41, 5.74) is 1.28. The molecule has 0 aliphatic carbocycles. The molecule has 0 bridgehead atoms. The average Bonchev–Trinajstić information content (AvgIpc) is 2.78. The number of benzene rings is 2. The van der Waals surface area contributed by atoms with Gasteiger partial charge in [-0.2, -0.15) is 0 Å². The summed E-state index contributed by atoms with van der Waals surface area (Å²) < 4.78 is 5.53. The summed E-state index contributed by atoms with van der Waals surface area (Å²) in [7, 11) is 0. The molecule has 2 aromatic rings. The molecule has 0 unspecified atom stereocenters. The average molecular weight is 279 g/mol. The lowest BCUT2D eigenvalue weighted by atomic mass is 10.1. The van der Waals surface area contributed by atoms with E-state index in [4.69, 9.17) is 4.74 Å². The first-order chi connectivity index (χ1) is 10.2. The van der Waals surface area contributed by atoms with Crippen molar-refractivity contribution in [1.82, 2.24) is 0 Å². The number of rotatable bonds is 4. The number of carbonyl (C=O) groups is 2. The van der Waals surface area contributed by atoms with E-state index in [9.17, 15) is 9.59 Å². The number of imide groups is 1. The van der Waals surface area contributed by atoms with E-state index in [1.54, 1.807) is 54.6 Å². The first kappa shape index (κ1) is 13.1. The Balaban J connectivity index is 2.05. The summed E-state index contributed by atoms with van der Waals surface area (Å²) in [6.45, 7) is 3.90. The zero-order chi connectivity index (χ0) is 14.8. The largest absolute Gasteiger partial charge is 0.487 e. The Morgan fingerprint density at radius 2 is 1.52 bits per heavy atom. The normalized spacial score (nSPS) is 13.2. The quantitative estimate of drug-likeness (QED) is 0.638. The summed E-state index contributed by atoms with van der Waals surface area (Å²) in [6.07, 6.45) is 1.61. The van der Waals surface area contributed by atoms with Gasteiger partial charge in [0.1, 0.15) is 12.4 Å². The lowest BCUT2D eigenvalue weighted by Gasteiger charge is -2.17. The van der Waals surface area contributed by atoms with Crippen LogP contribution in [0.5, 0.6) is 5.75 Å². The summed E-state index contributed by atoms with van der Waals surface area (Å²) in [5, 5.41) is 0. The molecular weight excluding hydrogens is 266 g/mol. The topological polar surface area (TPSA) is 46.6 Å². The molecule has 0 radical (unpaired) electrons. The molecule has 0 spiro atoms. The van der Waals surface area contributed by atoms with Crippen molar-refractivity contribution in [2.24, 2.45) is 0 Å². The van der Waals surface area contributed by atoms with Gasteiger partial charge in [-0.25, -0.2) is 4.90 Å². The van der Waals surface area contributed by atoms with Crippen molar-refractivity contribution in [3.63, 3.8) is 0 Å². The van der Waals surface area contributed by atoms with Crippen molar-refractivity contribution in [2.75, 3.05) is 11.5 Å². The number of ether oxygens (including phenoxy) is 1. The molecule has 0 N–H and O–H groups in total. The fraction of sp³-hybridized carbons (Fsp3) is 0.0588. The van der Waals surface area contributed by atoms with Gasteiger partial charge < -0.3 is 4.74 Å². The highest BCUT2D eigenvalue weighted by molar-refractivity contribution is 6.34. The minimum absolute atomic E-state index is 0.306. The second-order valence-electron chi connectivity index (χ2n) is 4.56. The first-order valence-corrected chi connectivity index (χ1v) is 6.54. The van der Waals surface area contributed by atoms with Gasteiger partial charge in [0.2, 0.25) is 0 Å². The monoisotopic (exact) mass is 279 g/mol. The molecule has 2 aromatic carbocycles. The van der Waals surface area contributed by atoms with Gasteiger partial charge in [-0.05, 0) is 24.3 Å². The molecule has 0 aromatic heterocycles. The number of para-hydroxylation sites is 2. The molecule has 4 heteroatoms. The van der Waals surface area contributed by atoms with Gasteiger partial charge in [0.25, 0.3) is 11.8 Å². The lowest BCUT2D eigenvalue weighted by molar-refractivity contribution is 0.0925. The summed E-state index contributed by atoms with van der Waals surface area (Å²) >= 11 is 0. The van der Waals surface area contributed by atoms with E-state index in [1.165, 1.54) is 0 Å². The Labute approximate surface area is 122 Å². The van der Waals surface area contributed by atoms with Crippen LogP contribution in [0.25, 0.3) is 0 Å². The van der Waals surface area contributed by atoms with Gasteiger partial charge in [0.05, 0.1) is 16.8 Å². The third kappa shape index (κ3) is 2.10. The van der Waals surface area contributed by atoms with Crippen LogP contribution in [-0.2, 0) is 0 Å². The molecule has 0 saturated heterocycles. The molecule has 3 rings (SSSR count). The smallest absolute Gasteiger partial charge is 0.266 e. The number of hydrogen-bond donors (Lipinski definition) is 0. The summed E-state index contributed by atoms with van der Waals surface area (Å²) in [6, 6.07) is 13.8. The van der Waals surface area contributed by atoms with Crippen LogP contribution in [-0.4, -0.2) is 18.4 Å². The maximum atomic E-state index is 12.5. The van der Waals surface area contributed by atoms with E-state index in [0.29, 0.717) is 29.2 Å². The number of carbonyl (C=O) groups excluding carboxylic acids is 2. The molecule has 21 heavy (non-hydrogen) atoms. The standard InChI is InChI=1S/C17H13NO3/c1-2-11-21-15-10-6-5-9-14(15)18-16(19)12-7-3-4-8-13(12)17(18)20/h2-10H,1,11H2. The van der Waals surface area contributed by atoms with E-state index in [2.05, 4.69) is 6.58 Å². The number of hydrogen-bond acceptors (Lipinski definition) is 3. The molecule has 104 valence electrons. The Bertz CT molecular complexity index is 701. The van der Waals surface area contributed by atoms with Crippen LogP contribution in [0, 0.1) is 0 Å². The third-order valence-electron chi connectivity index (χ3n) is 3.26. The van der Waals surface area contributed by atoms with Crippen LogP contribution in [0.3, 0.4) is 0 Å². The van der Waals surface area contributed by atoms with E-state index < -0.39 is 0 Å². The van der Waals surface area contributed by atoms with Gasteiger partial charge >= 0.3 is 0 Å². The van der Waals surface area contributed by atoms with Crippen molar-refractivity contribution in [3.05, 3.63) is 72.3 Å². The number of amides is 2. The molecule has 1 aliphatic heterocycles. The Hall–Kier alpha value is -2.88. The molecule has 1 aliphatic rings. The zero-order valence-electron chi connectivity index (χ0n) is 11.3. The second-order valence-corrected chi connectivity index (χ2v) is 4.56. The van der Waals surface area contributed by atoms with Gasteiger partial charge in [0, 0.05) is 0 Å². The Morgan fingerprint density at radius 1 is 0.952 bits per heavy atom. The highest BCUT2D eigenvalue weighted by Crippen LogP contribution is 2.34. The minimum atomic E-state index is -0.328. The Morgan fingerprint density at radius 3 is 2.14 bits per heavy atom. The zero-order valence-corrected chi connectivity index (χ0v) is 11.3. The maximum Gasteiger partial charge on any atom is 0.266 e. The van der Waals surface area contributed by atoms with Crippen LogP contribution < -0.4 is 9.64 Å². The van der Waals surface area contributed by atoms with E-state index in [0.717, 1.165) is 4.90 Å². The number of nitrogens with zero attached hydrogens (tertiary/aromatic N) is 1. The number of anilines is 1. The predicted octanol–water partition coefficient (Wildman–Crippen LogP) is 3.05. The van der Waals surface area contributed by atoms with Crippen LogP contribution in [0.2, 0.25) is 0 Å².